The van der Waals surface area contributed by atoms with E-state index in [1.54, 1.807) is 0 Å². The number of hydrogen-bond acceptors (Lipinski definition) is 3. The van der Waals surface area contributed by atoms with Crippen molar-refractivity contribution in [2.24, 2.45) is 0 Å². The van der Waals surface area contributed by atoms with E-state index in [9.17, 15) is 0 Å². The number of hydrogen-bond donors (Lipinski definition) is 1. The Kier molecular flexibility index (Phi) is 5.24. The van der Waals surface area contributed by atoms with E-state index < -0.39 is 0 Å². The average Bonchev–Trinajstić information content (AvgIpc) is 2.39. The molecule has 0 radical (unpaired) electrons. The molecule has 1 saturated carbocycles. The molecule has 19 heavy (non-hydrogen) atoms. The van der Waals surface area contributed by atoms with Crippen LogP contribution in [-0.4, -0.2) is 47.1 Å². The summed E-state index contributed by atoms with van der Waals surface area (Å²) < 4.78 is 0.541. The van der Waals surface area contributed by atoms with Gasteiger partial charge in [0.05, 0.1) is 0 Å². The van der Waals surface area contributed by atoms with Gasteiger partial charge < -0.3 is 5.32 Å². The zero-order valence-corrected chi connectivity index (χ0v) is 14.1. The lowest BCUT2D eigenvalue weighted by molar-refractivity contribution is 0.0770. The van der Waals surface area contributed by atoms with Gasteiger partial charge in [0.2, 0.25) is 0 Å². The SMILES string of the molecule is CCC1CNC(C)(C)CN1CC1(SC)CCCCC1. The molecule has 112 valence electrons. The van der Waals surface area contributed by atoms with Crippen molar-refractivity contribution in [1.29, 1.82) is 0 Å². The number of piperazine rings is 1. The summed E-state index contributed by atoms with van der Waals surface area (Å²) in [5.41, 5.74) is 0.278. The van der Waals surface area contributed by atoms with Crippen LogP contribution in [0, 0.1) is 0 Å². The molecule has 1 unspecified atom stereocenters. The summed E-state index contributed by atoms with van der Waals surface area (Å²) in [6, 6.07) is 0.735. The molecule has 2 fully saturated rings. The number of nitrogens with one attached hydrogen (secondary N) is 1. The van der Waals surface area contributed by atoms with E-state index in [1.807, 2.05) is 0 Å². The summed E-state index contributed by atoms with van der Waals surface area (Å²) in [7, 11) is 0. The molecule has 1 heterocycles. The first kappa shape index (κ1) is 15.7. The predicted octanol–water partition coefficient (Wildman–Crippen LogP) is 3.51. The summed E-state index contributed by atoms with van der Waals surface area (Å²) in [6.07, 6.45) is 10.8. The molecule has 1 aliphatic carbocycles. The van der Waals surface area contributed by atoms with Gasteiger partial charge in [0.25, 0.3) is 0 Å². The summed E-state index contributed by atoms with van der Waals surface area (Å²) in [6.45, 7) is 10.7. The van der Waals surface area contributed by atoms with Crippen LogP contribution in [0.2, 0.25) is 0 Å². The zero-order chi connectivity index (χ0) is 13.9. The summed E-state index contributed by atoms with van der Waals surface area (Å²) >= 11 is 2.14. The van der Waals surface area contributed by atoms with Crippen LogP contribution < -0.4 is 5.32 Å². The minimum absolute atomic E-state index is 0.278. The highest BCUT2D eigenvalue weighted by Gasteiger charge is 2.38. The Labute approximate surface area is 124 Å². The smallest absolute Gasteiger partial charge is 0.0284 e. The maximum Gasteiger partial charge on any atom is 0.0284 e. The fourth-order valence-electron chi connectivity index (χ4n) is 3.80. The van der Waals surface area contributed by atoms with Gasteiger partial charge in [-0.3, -0.25) is 4.90 Å². The molecule has 2 rings (SSSR count). The van der Waals surface area contributed by atoms with Gasteiger partial charge in [0.1, 0.15) is 0 Å². The van der Waals surface area contributed by atoms with Crippen LogP contribution in [0.4, 0.5) is 0 Å². The molecule has 1 N–H and O–H groups in total. The molecular weight excluding hydrogens is 252 g/mol. The predicted molar refractivity (Wildman–Crippen MR) is 87.1 cm³/mol. The van der Waals surface area contributed by atoms with Crippen molar-refractivity contribution < 1.29 is 0 Å². The lowest BCUT2D eigenvalue weighted by Gasteiger charge is -2.49. The topological polar surface area (TPSA) is 15.3 Å². The summed E-state index contributed by atoms with van der Waals surface area (Å²) in [5, 5.41) is 3.71. The molecule has 3 heteroatoms. The van der Waals surface area contributed by atoms with Crippen molar-refractivity contribution in [3.63, 3.8) is 0 Å². The maximum absolute atomic E-state index is 3.71. The molecule has 0 aromatic rings. The van der Waals surface area contributed by atoms with E-state index >= 15 is 0 Å². The second kappa shape index (κ2) is 6.36. The normalized spacial score (nSPS) is 31.3. The Morgan fingerprint density at radius 3 is 2.47 bits per heavy atom. The van der Waals surface area contributed by atoms with Gasteiger partial charge in [-0.05, 0) is 39.4 Å². The first-order valence-electron chi connectivity index (χ1n) is 8.04. The molecule has 1 saturated heterocycles. The van der Waals surface area contributed by atoms with Crippen LogP contribution in [0.1, 0.15) is 59.3 Å². The van der Waals surface area contributed by atoms with Crippen LogP contribution in [0.5, 0.6) is 0 Å². The average molecular weight is 285 g/mol. The largest absolute Gasteiger partial charge is 0.309 e. The van der Waals surface area contributed by atoms with Crippen molar-refractivity contribution in [1.82, 2.24) is 10.2 Å². The summed E-state index contributed by atoms with van der Waals surface area (Å²) in [4.78, 5) is 2.79. The van der Waals surface area contributed by atoms with Crippen LogP contribution in [0.3, 0.4) is 0 Å². The number of nitrogens with zero attached hydrogens (tertiary/aromatic N) is 1. The van der Waals surface area contributed by atoms with Crippen molar-refractivity contribution in [2.75, 3.05) is 25.9 Å². The highest BCUT2D eigenvalue weighted by Crippen LogP contribution is 2.40. The Bertz CT molecular complexity index is 284. The Morgan fingerprint density at radius 2 is 1.89 bits per heavy atom. The molecule has 1 aliphatic heterocycles. The zero-order valence-electron chi connectivity index (χ0n) is 13.3. The number of thioether (sulfide) groups is 1. The lowest BCUT2D eigenvalue weighted by Crippen LogP contribution is -2.63. The Balaban J connectivity index is 2.04. The quantitative estimate of drug-likeness (QED) is 0.850. The third kappa shape index (κ3) is 3.89. The molecule has 0 bridgehead atoms. The molecule has 2 nitrogen and oxygen atoms in total. The highest BCUT2D eigenvalue weighted by atomic mass is 32.2. The lowest BCUT2D eigenvalue weighted by atomic mass is 9.86. The standard InChI is InChI=1S/C16H32N2S/c1-5-14-11-17-15(2,3)12-18(14)13-16(19-4)9-7-6-8-10-16/h14,17H,5-13H2,1-4H3. The van der Waals surface area contributed by atoms with Gasteiger partial charge in [0, 0.05) is 36.0 Å². The summed E-state index contributed by atoms with van der Waals surface area (Å²) in [5.74, 6) is 0. The molecule has 0 aromatic carbocycles. The van der Waals surface area contributed by atoms with Crippen molar-refractivity contribution >= 4 is 11.8 Å². The van der Waals surface area contributed by atoms with Gasteiger partial charge in [0.15, 0.2) is 0 Å². The monoisotopic (exact) mass is 284 g/mol. The van der Waals surface area contributed by atoms with E-state index in [0.29, 0.717) is 4.75 Å². The first-order valence-corrected chi connectivity index (χ1v) is 9.27. The van der Waals surface area contributed by atoms with Crippen LogP contribution >= 0.6 is 11.8 Å². The van der Waals surface area contributed by atoms with Crippen molar-refractivity contribution in [3.05, 3.63) is 0 Å². The fourth-order valence-corrected chi connectivity index (χ4v) is 4.79. The second-order valence-electron chi connectivity index (χ2n) is 7.18. The molecule has 0 aromatic heterocycles. The Hall–Kier alpha value is 0.270. The van der Waals surface area contributed by atoms with Crippen LogP contribution in [0.25, 0.3) is 0 Å². The number of rotatable bonds is 4. The highest BCUT2D eigenvalue weighted by molar-refractivity contribution is 8.00. The van der Waals surface area contributed by atoms with Gasteiger partial charge in [-0.15, -0.1) is 0 Å². The third-order valence-electron chi connectivity index (χ3n) is 5.09. The van der Waals surface area contributed by atoms with Crippen molar-refractivity contribution in [2.45, 2.75) is 75.6 Å². The van der Waals surface area contributed by atoms with Gasteiger partial charge >= 0.3 is 0 Å². The van der Waals surface area contributed by atoms with Crippen LogP contribution in [-0.2, 0) is 0 Å². The van der Waals surface area contributed by atoms with Gasteiger partial charge in [-0.1, -0.05) is 26.2 Å². The van der Waals surface area contributed by atoms with E-state index in [2.05, 4.69) is 49.0 Å². The van der Waals surface area contributed by atoms with Crippen LogP contribution in [0.15, 0.2) is 0 Å². The minimum Gasteiger partial charge on any atom is -0.309 e. The first-order chi connectivity index (χ1) is 9.00. The second-order valence-corrected chi connectivity index (χ2v) is 8.45. The van der Waals surface area contributed by atoms with E-state index in [4.69, 9.17) is 0 Å². The molecule has 1 atom stereocenters. The molecular formula is C16H32N2S. The van der Waals surface area contributed by atoms with Gasteiger partial charge in [-0.2, -0.15) is 11.8 Å². The van der Waals surface area contributed by atoms with Crippen molar-refractivity contribution in [3.8, 4) is 0 Å². The Morgan fingerprint density at radius 1 is 1.21 bits per heavy atom. The third-order valence-corrected chi connectivity index (χ3v) is 6.49. The molecule has 0 spiro atoms. The van der Waals surface area contributed by atoms with Gasteiger partial charge in [-0.25, -0.2) is 0 Å². The molecule has 0 amide bonds. The molecule has 2 aliphatic rings. The van der Waals surface area contributed by atoms with E-state index in [1.165, 1.54) is 51.6 Å². The fraction of sp³-hybridized carbons (Fsp3) is 1.00. The minimum atomic E-state index is 0.278. The van der Waals surface area contributed by atoms with E-state index in [0.717, 1.165) is 12.6 Å². The maximum atomic E-state index is 3.71. The van der Waals surface area contributed by atoms with E-state index in [-0.39, 0.29) is 5.54 Å².